The van der Waals surface area contributed by atoms with Crippen molar-refractivity contribution in [3.63, 3.8) is 0 Å². The maximum Gasteiger partial charge on any atom is 0.153 e. The van der Waals surface area contributed by atoms with E-state index in [-0.39, 0.29) is 5.82 Å². The van der Waals surface area contributed by atoms with Gasteiger partial charge in [0.05, 0.1) is 16.9 Å². The van der Waals surface area contributed by atoms with E-state index in [0.29, 0.717) is 23.9 Å². The lowest BCUT2D eigenvalue weighted by Gasteiger charge is -2.24. The fourth-order valence-electron chi connectivity index (χ4n) is 3.06. The number of nitrogens with one attached hydrogen (secondary N) is 2. The molecule has 3 aromatic heterocycles. The van der Waals surface area contributed by atoms with Crippen molar-refractivity contribution in [3.8, 4) is 11.3 Å². The van der Waals surface area contributed by atoms with Gasteiger partial charge in [0.15, 0.2) is 5.82 Å². The molecule has 4 N–H and O–H groups in total. The fraction of sp³-hybridized carbons (Fsp3) is 0.200. The van der Waals surface area contributed by atoms with E-state index in [1.165, 1.54) is 6.07 Å². The standard InChI is InChI=1S/C20H20FN7/c1-20(2,18-14(21)4-3-9-23-18)11-24-17-8-7-15(25-27-17)12-5-6-13-16(10-12)26-28-19(13)22/h3-10H,11H2,1-2H3,(H,24,27)(H3,22,26,28). The van der Waals surface area contributed by atoms with Crippen molar-refractivity contribution in [1.29, 1.82) is 0 Å². The molecule has 0 aliphatic carbocycles. The first-order valence-corrected chi connectivity index (χ1v) is 8.87. The van der Waals surface area contributed by atoms with Crippen LogP contribution in [0.1, 0.15) is 19.5 Å². The Kier molecular flexibility index (Phi) is 4.38. The molecule has 0 unspecified atom stereocenters. The van der Waals surface area contributed by atoms with Crippen LogP contribution in [0, 0.1) is 5.82 Å². The van der Waals surface area contributed by atoms with Crippen LogP contribution in [-0.4, -0.2) is 31.9 Å². The second-order valence-electron chi connectivity index (χ2n) is 7.24. The van der Waals surface area contributed by atoms with Gasteiger partial charge in [-0.3, -0.25) is 10.1 Å². The van der Waals surface area contributed by atoms with E-state index < -0.39 is 5.41 Å². The first-order chi connectivity index (χ1) is 13.4. The van der Waals surface area contributed by atoms with E-state index in [2.05, 4.69) is 30.7 Å². The van der Waals surface area contributed by atoms with Gasteiger partial charge in [0, 0.05) is 29.1 Å². The predicted octanol–water partition coefficient (Wildman–Crippen LogP) is 3.53. The molecule has 8 heteroatoms. The topological polar surface area (TPSA) is 105 Å². The number of anilines is 2. The minimum Gasteiger partial charge on any atom is -0.382 e. The van der Waals surface area contributed by atoms with E-state index in [9.17, 15) is 4.39 Å². The highest BCUT2D eigenvalue weighted by molar-refractivity contribution is 5.91. The summed E-state index contributed by atoms with van der Waals surface area (Å²) in [6.07, 6.45) is 1.60. The molecular formula is C20H20FN7. The van der Waals surface area contributed by atoms with Gasteiger partial charge in [-0.15, -0.1) is 10.2 Å². The number of nitrogen functional groups attached to an aromatic ring is 1. The Bertz CT molecular complexity index is 1120. The lowest BCUT2D eigenvalue weighted by Crippen LogP contribution is -2.30. The Labute approximate surface area is 161 Å². The van der Waals surface area contributed by atoms with Crippen LogP contribution in [0.2, 0.25) is 0 Å². The molecule has 142 valence electrons. The Balaban J connectivity index is 1.49. The molecule has 0 saturated carbocycles. The number of fused-ring (bicyclic) bond motifs is 1. The van der Waals surface area contributed by atoms with Crippen molar-refractivity contribution in [2.45, 2.75) is 19.3 Å². The second-order valence-corrected chi connectivity index (χ2v) is 7.24. The average Bonchev–Trinajstić information content (AvgIpc) is 3.07. The summed E-state index contributed by atoms with van der Waals surface area (Å²) in [5.74, 6) is 0.768. The van der Waals surface area contributed by atoms with Crippen molar-refractivity contribution in [1.82, 2.24) is 25.4 Å². The molecule has 0 spiro atoms. The molecule has 0 aliphatic rings. The third-order valence-corrected chi connectivity index (χ3v) is 4.66. The number of aromatic amines is 1. The Morgan fingerprint density at radius 2 is 2.00 bits per heavy atom. The molecule has 4 aromatic rings. The van der Waals surface area contributed by atoms with Gasteiger partial charge in [-0.25, -0.2) is 4.39 Å². The number of benzene rings is 1. The second kappa shape index (κ2) is 6.88. The third kappa shape index (κ3) is 3.36. The number of aromatic nitrogens is 5. The number of H-pyrrole nitrogens is 1. The Morgan fingerprint density at radius 1 is 1.14 bits per heavy atom. The minimum atomic E-state index is -0.503. The SMILES string of the molecule is CC(C)(CNc1ccc(-c2ccc3c(N)n[nH]c3c2)nn1)c1ncccc1F. The molecule has 0 aliphatic heterocycles. The van der Waals surface area contributed by atoms with Gasteiger partial charge in [0.25, 0.3) is 0 Å². The first-order valence-electron chi connectivity index (χ1n) is 8.87. The summed E-state index contributed by atoms with van der Waals surface area (Å²) in [4.78, 5) is 4.17. The van der Waals surface area contributed by atoms with Crippen LogP contribution in [0.25, 0.3) is 22.2 Å². The summed E-state index contributed by atoms with van der Waals surface area (Å²) in [5, 5.41) is 19.5. The van der Waals surface area contributed by atoms with Gasteiger partial charge in [0.1, 0.15) is 11.6 Å². The number of halogens is 1. The molecule has 3 heterocycles. The minimum absolute atomic E-state index is 0.314. The van der Waals surface area contributed by atoms with Crippen molar-refractivity contribution >= 4 is 22.5 Å². The molecule has 0 bridgehead atoms. The maximum absolute atomic E-state index is 14.0. The van der Waals surface area contributed by atoms with E-state index in [4.69, 9.17) is 5.73 Å². The van der Waals surface area contributed by atoms with E-state index >= 15 is 0 Å². The molecule has 4 rings (SSSR count). The van der Waals surface area contributed by atoms with Crippen molar-refractivity contribution in [2.75, 3.05) is 17.6 Å². The van der Waals surface area contributed by atoms with E-state index in [1.807, 2.05) is 44.2 Å². The van der Waals surface area contributed by atoms with Crippen LogP contribution in [0.4, 0.5) is 16.0 Å². The molecule has 0 amide bonds. The molecule has 7 nitrogen and oxygen atoms in total. The highest BCUT2D eigenvalue weighted by Crippen LogP contribution is 2.26. The van der Waals surface area contributed by atoms with Crippen LogP contribution in [0.15, 0.2) is 48.7 Å². The molecule has 28 heavy (non-hydrogen) atoms. The fourth-order valence-corrected chi connectivity index (χ4v) is 3.06. The monoisotopic (exact) mass is 377 g/mol. The van der Waals surface area contributed by atoms with Crippen molar-refractivity contribution < 1.29 is 4.39 Å². The number of nitrogens with two attached hydrogens (primary N) is 1. The number of hydrogen-bond acceptors (Lipinski definition) is 6. The van der Waals surface area contributed by atoms with Crippen LogP contribution in [-0.2, 0) is 5.41 Å². The molecule has 0 atom stereocenters. The molecular weight excluding hydrogens is 357 g/mol. The average molecular weight is 377 g/mol. The Hall–Kier alpha value is -3.55. The number of hydrogen-bond donors (Lipinski definition) is 3. The quantitative estimate of drug-likeness (QED) is 0.491. The van der Waals surface area contributed by atoms with Gasteiger partial charge in [-0.05, 0) is 36.4 Å². The van der Waals surface area contributed by atoms with Gasteiger partial charge in [-0.1, -0.05) is 19.9 Å². The number of nitrogens with zero attached hydrogens (tertiary/aromatic N) is 4. The zero-order valence-corrected chi connectivity index (χ0v) is 15.6. The number of rotatable bonds is 5. The molecule has 0 fully saturated rings. The third-order valence-electron chi connectivity index (χ3n) is 4.66. The largest absolute Gasteiger partial charge is 0.382 e. The van der Waals surface area contributed by atoms with Gasteiger partial charge in [-0.2, -0.15) is 5.10 Å². The summed E-state index contributed by atoms with van der Waals surface area (Å²) in [5.41, 5.74) is 8.20. The molecule has 0 radical (unpaired) electrons. The first kappa shape index (κ1) is 17.8. The Morgan fingerprint density at radius 3 is 2.75 bits per heavy atom. The zero-order chi connectivity index (χ0) is 19.7. The van der Waals surface area contributed by atoms with Crippen molar-refractivity contribution in [2.24, 2.45) is 0 Å². The predicted molar refractivity (Wildman–Crippen MR) is 107 cm³/mol. The summed E-state index contributed by atoms with van der Waals surface area (Å²) in [6, 6.07) is 12.5. The van der Waals surface area contributed by atoms with Gasteiger partial charge >= 0.3 is 0 Å². The number of pyridine rings is 1. The molecule has 0 saturated heterocycles. The summed E-state index contributed by atoms with van der Waals surface area (Å²) in [6.45, 7) is 4.32. The summed E-state index contributed by atoms with van der Waals surface area (Å²) < 4.78 is 14.0. The zero-order valence-electron chi connectivity index (χ0n) is 15.6. The lowest BCUT2D eigenvalue weighted by atomic mass is 9.88. The summed E-state index contributed by atoms with van der Waals surface area (Å²) >= 11 is 0. The molecule has 1 aromatic carbocycles. The van der Waals surface area contributed by atoms with Crippen LogP contribution in [0.3, 0.4) is 0 Å². The van der Waals surface area contributed by atoms with E-state index in [1.54, 1.807) is 12.3 Å². The van der Waals surface area contributed by atoms with Crippen molar-refractivity contribution in [3.05, 3.63) is 60.2 Å². The van der Waals surface area contributed by atoms with Crippen LogP contribution >= 0.6 is 0 Å². The van der Waals surface area contributed by atoms with Gasteiger partial charge in [0.2, 0.25) is 0 Å². The lowest BCUT2D eigenvalue weighted by molar-refractivity contribution is 0.485. The van der Waals surface area contributed by atoms with Crippen LogP contribution < -0.4 is 11.1 Å². The smallest absolute Gasteiger partial charge is 0.153 e. The highest BCUT2D eigenvalue weighted by atomic mass is 19.1. The maximum atomic E-state index is 14.0. The van der Waals surface area contributed by atoms with Gasteiger partial charge < -0.3 is 11.1 Å². The normalized spacial score (nSPS) is 11.7. The summed E-state index contributed by atoms with van der Waals surface area (Å²) in [7, 11) is 0. The highest BCUT2D eigenvalue weighted by Gasteiger charge is 2.25. The van der Waals surface area contributed by atoms with E-state index in [0.717, 1.165) is 22.2 Å². The van der Waals surface area contributed by atoms with Crippen LogP contribution in [0.5, 0.6) is 0 Å².